The van der Waals surface area contributed by atoms with Crippen LogP contribution >= 0.6 is 30.5 Å². The van der Waals surface area contributed by atoms with Crippen LogP contribution in [0.2, 0.25) is 0 Å². The Bertz CT molecular complexity index is 39.3. The van der Waals surface area contributed by atoms with Crippen LogP contribution in [0.1, 0.15) is 6.42 Å². The van der Waals surface area contributed by atoms with Gasteiger partial charge in [0.2, 0.25) is 0 Å². The van der Waals surface area contributed by atoms with E-state index in [4.69, 9.17) is 0 Å². The van der Waals surface area contributed by atoms with E-state index in [0.717, 1.165) is 17.2 Å². The average molecular weight is 423 g/mol. The van der Waals surface area contributed by atoms with Crippen LogP contribution in [-0.4, -0.2) is 8.86 Å². The second kappa shape index (κ2) is 3.26. The van der Waals surface area contributed by atoms with E-state index in [0.29, 0.717) is 0 Å². The second-order valence-electron chi connectivity index (χ2n) is 1.09. The molecule has 0 bridgehead atoms. The SMILES string of the molecule is II1CCC[I-]1. The van der Waals surface area contributed by atoms with Gasteiger partial charge in [-0.2, -0.15) is 0 Å². The molecular weight excluding hydrogens is 417 g/mol. The summed E-state index contributed by atoms with van der Waals surface area (Å²) in [5.41, 5.74) is 0. The molecule has 1 saturated heterocycles. The molecular formula is C3H6I3-. The molecule has 0 saturated carbocycles. The molecule has 0 unspecified atom stereocenters. The van der Waals surface area contributed by atoms with E-state index < -0.39 is 0 Å². The fourth-order valence-corrected chi connectivity index (χ4v) is 21.8. The topological polar surface area (TPSA) is 0 Å². The molecule has 1 aliphatic rings. The first-order chi connectivity index (χ1) is 2.89. The fourth-order valence-electron chi connectivity index (χ4n) is 0.330. The van der Waals surface area contributed by atoms with Crippen LogP contribution < -0.4 is 17.2 Å². The molecule has 0 aromatic carbocycles. The summed E-state index contributed by atoms with van der Waals surface area (Å²) in [5.74, 6) is 0. The molecule has 3 heteroatoms. The van der Waals surface area contributed by atoms with Crippen LogP contribution in [0.4, 0.5) is 0 Å². The fraction of sp³-hybridized carbons (Fsp3) is 1.00. The van der Waals surface area contributed by atoms with E-state index in [9.17, 15) is 0 Å². The maximum atomic E-state index is 2.74. The molecule has 1 aliphatic heterocycles. The van der Waals surface area contributed by atoms with E-state index in [-0.39, 0.29) is 11.9 Å². The Labute approximate surface area is 61.7 Å². The summed E-state index contributed by atoms with van der Waals surface area (Å²) < 4.78 is 3.34. The summed E-state index contributed by atoms with van der Waals surface area (Å²) >= 11 is 3.45. The maximum absolute atomic E-state index is 2.74. The van der Waals surface area contributed by atoms with Crippen LogP contribution in [0.5, 0.6) is 0 Å². The van der Waals surface area contributed by atoms with Gasteiger partial charge in [0.1, 0.15) is 0 Å². The number of halogens is 3. The molecule has 0 N–H and O–H groups in total. The molecule has 0 atom stereocenters. The first-order valence-corrected chi connectivity index (χ1v) is 17.4. The summed E-state index contributed by atoms with van der Waals surface area (Å²) in [7, 11) is 0. The van der Waals surface area contributed by atoms with Gasteiger partial charge in [-0.05, 0) is 0 Å². The predicted octanol–water partition coefficient (Wildman–Crippen LogP) is -0.749. The molecule has 40 valence electrons. The Morgan fingerprint density at radius 1 is 1.67 bits per heavy atom. The normalized spacial score (nSPS) is 29.8. The summed E-state index contributed by atoms with van der Waals surface area (Å²) in [5, 5.41) is 0. The summed E-state index contributed by atoms with van der Waals surface area (Å²) in [4.78, 5) is 0. The van der Waals surface area contributed by atoms with Crippen molar-refractivity contribution in [1.82, 2.24) is 0 Å². The quantitative estimate of drug-likeness (QED) is 0.356. The first kappa shape index (κ1) is 6.31. The van der Waals surface area contributed by atoms with Gasteiger partial charge in [-0.25, -0.2) is 0 Å². The number of hydrogen-bond acceptors (Lipinski definition) is 0. The summed E-state index contributed by atoms with van der Waals surface area (Å²) in [6, 6.07) is 0. The Hall–Kier alpha value is 2.19. The molecule has 0 spiro atoms. The molecule has 0 amide bonds. The van der Waals surface area contributed by atoms with Crippen LogP contribution in [-0.2, 0) is 0 Å². The Morgan fingerprint density at radius 3 is 2.67 bits per heavy atom. The molecule has 0 radical (unpaired) electrons. The molecule has 0 aromatic heterocycles. The van der Waals surface area contributed by atoms with Crippen molar-refractivity contribution in [2.45, 2.75) is 6.42 Å². The molecule has 0 aliphatic carbocycles. The molecule has 0 nitrogen and oxygen atoms in total. The average Bonchev–Trinajstić information content (AvgIpc) is 1.86. The van der Waals surface area contributed by atoms with Gasteiger partial charge in [0.25, 0.3) is 0 Å². The third-order valence-electron chi connectivity index (χ3n) is 0.591. The minimum absolute atomic E-state index is 0.110. The van der Waals surface area contributed by atoms with Crippen LogP contribution in [0.15, 0.2) is 0 Å². The zero-order valence-corrected chi connectivity index (χ0v) is 9.73. The molecule has 1 fully saturated rings. The van der Waals surface area contributed by atoms with Crippen molar-refractivity contribution in [1.29, 1.82) is 0 Å². The van der Waals surface area contributed by atoms with Gasteiger partial charge >= 0.3 is 63.0 Å². The van der Waals surface area contributed by atoms with E-state index in [1.807, 2.05) is 0 Å². The van der Waals surface area contributed by atoms with Gasteiger partial charge in [-0.15, -0.1) is 0 Å². The zero-order chi connectivity index (χ0) is 4.41. The van der Waals surface area contributed by atoms with Gasteiger partial charge in [0.05, 0.1) is 0 Å². The first-order valence-electron chi connectivity index (χ1n) is 1.82. The Balaban J connectivity index is 2.18. The van der Waals surface area contributed by atoms with Crippen molar-refractivity contribution in [3.63, 3.8) is 0 Å². The van der Waals surface area contributed by atoms with Gasteiger partial charge in [0.15, 0.2) is 0 Å². The Kier molecular flexibility index (Phi) is 3.43. The molecule has 1 heterocycles. The van der Waals surface area contributed by atoms with Gasteiger partial charge < -0.3 is 0 Å². The zero-order valence-electron chi connectivity index (χ0n) is 3.26. The standard InChI is InChI=1S/C3H6I3/c4-6-3-1-2-5-6/h1-3H2/q-1. The van der Waals surface area contributed by atoms with Crippen molar-refractivity contribution in [3.8, 4) is 0 Å². The second-order valence-corrected chi connectivity index (χ2v) is 32.8. The summed E-state index contributed by atoms with van der Waals surface area (Å²) in [6.45, 7) is 0. The van der Waals surface area contributed by atoms with Crippen molar-refractivity contribution >= 4 is 30.5 Å². The van der Waals surface area contributed by atoms with Crippen LogP contribution in [0.25, 0.3) is 0 Å². The van der Waals surface area contributed by atoms with Gasteiger partial charge in [-0.1, -0.05) is 0 Å². The van der Waals surface area contributed by atoms with Crippen molar-refractivity contribution in [2.24, 2.45) is 0 Å². The molecule has 0 aromatic rings. The van der Waals surface area contributed by atoms with E-state index >= 15 is 0 Å². The third-order valence-corrected chi connectivity index (χ3v) is 26.2. The monoisotopic (exact) mass is 423 g/mol. The Morgan fingerprint density at radius 2 is 2.50 bits per heavy atom. The predicted molar refractivity (Wildman–Crippen MR) is 42.4 cm³/mol. The van der Waals surface area contributed by atoms with E-state index in [1.54, 1.807) is 15.3 Å². The van der Waals surface area contributed by atoms with E-state index in [1.165, 1.54) is 0 Å². The number of rotatable bonds is 0. The van der Waals surface area contributed by atoms with E-state index in [2.05, 4.69) is 18.6 Å². The van der Waals surface area contributed by atoms with Gasteiger partial charge in [-0.3, -0.25) is 0 Å². The van der Waals surface area contributed by atoms with Crippen molar-refractivity contribution in [3.05, 3.63) is 0 Å². The number of alkyl halides is 2. The third kappa shape index (κ3) is 1.97. The van der Waals surface area contributed by atoms with Gasteiger partial charge in [0, 0.05) is 0 Å². The molecule has 6 heavy (non-hydrogen) atoms. The summed E-state index contributed by atoms with van der Waals surface area (Å²) in [6.07, 6.45) is 1.60. The molecule has 1 rings (SSSR count). The van der Waals surface area contributed by atoms with Crippen LogP contribution in [0, 0.1) is 0 Å². The van der Waals surface area contributed by atoms with Crippen molar-refractivity contribution < 1.29 is 17.2 Å². The minimum atomic E-state index is -0.110. The van der Waals surface area contributed by atoms with Crippen molar-refractivity contribution in [2.75, 3.05) is 8.86 Å². The number of hydrogen-bond donors (Lipinski definition) is 0. The van der Waals surface area contributed by atoms with Crippen LogP contribution in [0.3, 0.4) is 0 Å².